The van der Waals surface area contributed by atoms with Crippen molar-refractivity contribution in [3.63, 3.8) is 0 Å². The highest BCUT2D eigenvalue weighted by Gasteiger charge is 2.32. The second-order valence-corrected chi connectivity index (χ2v) is 10.2. The summed E-state index contributed by atoms with van der Waals surface area (Å²) in [5.41, 5.74) is 1.96. The molecule has 2 aliphatic rings. The van der Waals surface area contributed by atoms with Gasteiger partial charge in [-0.2, -0.15) is 0 Å². The molecule has 0 saturated carbocycles. The molecule has 0 amide bonds. The molecule has 8 heteroatoms. The smallest absolute Gasteiger partial charge is 0.310 e. The minimum Gasteiger partial charge on any atom is -0.466 e. The first-order valence-electron chi connectivity index (χ1n) is 13.4. The molecule has 4 heterocycles. The monoisotopic (exact) mass is 506 g/mol. The van der Waals surface area contributed by atoms with Crippen molar-refractivity contribution in [2.24, 2.45) is 5.92 Å². The molecular weight excluding hydrogens is 471 g/mol. The molecule has 0 aliphatic carbocycles. The normalized spacial score (nSPS) is 19.8. The Labute approximate surface area is 216 Å². The van der Waals surface area contributed by atoms with Crippen molar-refractivity contribution in [1.29, 1.82) is 0 Å². The zero-order valence-corrected chi connectivity index (χ0v) is 21.4. The van der Waals surface area contributed by atoms with Crippen molar-refractivity contribution in [3.8, 4) is 0 Å². The number of aromatic nitrogens is 2. The largest absolute Gasteiger partial charge is 0.466 e. The second kappa shape index (κ2) is 11.5. The maximum absolute atomic E-state index is 14.1. The third-order valence-electron chi connectivity index (χ3n) is 7.72. The van der Waals surface area contributed by atoms with E-state index >= 15 is 0 Å². The molecule has 2 fully saturated rings. The van der Waals surface area contributed by atoms with E-state index in [2.05, 4.69) is 14.8 Å². The van der Waals surface area contributed by atoms with Gasteiger partial charge in [-0.25, -0.2) is 4.39 Å². The Balaban J connectivity index is 1.29. The van der Waals surface area contributed by atoms with Crippen molar-refractivity contribution >= 4 is 16.9 Å². The van der Waals surface area contributed by atoms with Crippen LogP contribution in [0.3, 0.4) is 0 Å². The van der Waals surface area contributed by atoms with E-state index in [9.17, 15) is 14.0 Å². The SMILES string of the molecule is CCOC(=O)[C@@H]1CCCN(C2CCN(Cc3cc4ccc(F)cc4n(Cc4ccccn4)c3=O)CC2)C1. The zero-order valence-electron chi connectivity index (χ0n) is 21.4. The molecule has 196 valence electrons. The van der Waals surface area contributed by atoms with Gasteiger partial charge in [-0.15, -0.1) is 0 Å². The standard InChI is InChI=1S/C29H35FN4O3/c1-2-37-29(36)22-6-5-13-33(19-22)26-10-14-32(15-11-26)18-23-16-21-8-9-24(30)17-27(21)34(28(23)35)20-25-7-3-4-12-31-25/h3-4,7-9,12,16-17,22,26H,2,5-6,10-11,13-15,18-20H2,1H3/t22-/m1/s1. The van der Waals surface area contributed by atoms with E-state index in [1.165, 1.54) is 12.1 Å². The van der Waals surface area contributed by atoms with E-state index in [4.69, 9.17) is 4.74 Å². The van der Waals surface area contributed by atoms with Gasteiger partial charge in [0.1, 0.15) is 5.82 Å². The van der Waals surface area contributed by atoms with Gasteiger partial charge in [-0.05, 0) is 94.0 Å². The topological polar surface area (TPSA) is 67.7 Å². The third-order valence-corrected chi connectivity index (χ3v) is 7.72. The highest BCUT2D eigenvalue weighted by Crippen LogP contribution is 2.25. The van der Waals surface area contributed by atoms with Crippen LogP contribution in [0.5, 0.6) is 0 Å². The van der Waals surface area contributed by atoms with Gasteiger partial charge in [0.25, 0.3) is 5.56 Å². The van der Waals surface area contributed by atoms with Crippen LogP contribution in [-0.4, -0.2) is 64.1 Å². The Kier molecular flexibility index (Phi) is 7.96. The number of pyridine rings is 2. The third kappa shape index (κ3) is 5.91. The lowest BCUT2D eigenvalue weighted by molar-refractivity contribution is -0.150. The number of halogens is 1. The molecule has 0 spiro atoms. The molecule has 7 nitrogen and oxygen atoms in total. The van der Waals surface area contributed by atoms with Crippen LogP contribution in [0.1, 0.15) is 43.9 Å². The molecule has 2 aliphatic heterocycles. The lowest BCUT2D eigenvalue weighted by atomic mass is 9.94. The minimum absolute atomic E-state index is 0.0215. The molecule has 5 rings (SSSR count). The Morgan fingerprint density at radius 2 is 1.92 bits per heavy atom. The lowest BCUT2D eigenvalue weighted by Crippen LogP contribution is -2.49. The van der Waals surface area contributed by atoms with Crippen LogP contribution in [0.4, 0.5) is 4.39 Å². The predicted molar refractivity (Wildman–Crippen MR) is 141 cm³/mol. The van der Waals surface area contributed by atoms with E-state index in [1.54, 1.807) is 16.8 Å². The molecule has 0 bridgehead atoms. The number of carbonyl (C=O) groups is 1. The average molecular weight is 507 g/mol. The fraction of sp³-hybridized carbons (Fsp3) is 0.483. The number of esters is 1. The molecule has 37 heavy (non-hydrogen) atoms. The van der Waals surface area contributed by atoms with E-state index in [0.717, 1.165) is 62.9 Å². The van der Waals surface area contributed by atoms with Gasteiger partial charge < -0.3 is 9.30 Å². The van der Waals surface area contributed by atoms with Gasteiger partial charge >= 0.3 is 5.97 Å². The number of carbonyl (C=O) groups excluding carboxylic acids is 1. The number of benzene rings is 1. The number of likely N-dealkylation sites (tertiary alicyclic amines) is 2. The highest BCUT2D eigenvalue weighted by atomic mass is 19.1. The van der Waals surface area contributed by atoms with Gasteiger partial charge in [0.15, 0.2) is 0 Å². The summed E-state index contributed by atoms with van der Waals surface area (Å²) in [5.74, 6) is -0.450. The van der Waals surface area contributed by atoms with Crippen LogP contribution < -0.4 is 5.56 Å². The van der Waals surface area contributed by atoms with Crippen LogP contribution in [0.25, 0.3) is 10.9 Å². The first-order chi connectivity index (χ1) is 18.0. The van der Waals surface area contributed by atoms with Crippen LogP contribution in [0.2, 0.25) is 0 Å². The van der Waals surface area contributed by atoms with Crippen LogP contribution in [0.15, 0.2) is 53.5 Å². The number of piperidine rings is 2. The first-order valence-corrected chi connectivity index (χ1v) is 13.4. The van der Waals surface area contributed by atoms with Crippen LogP contribution in [0, 0.1) is 11.7 Å². The van der Waals surface area contributed by atoms with Crippen molar-refractivity contribution in [1.82, 2.24) is 19.4 Å². The number of hydrogen-bond donors (Lipinski definition) is 0. The lowest BCUT2D eigenvalue weighted by Gasteiger charge is -2.41. The predicted octanol–water partition coefficient (Wildman–Crippen LogP) is 3.82. The van der Waals surface area contributed by atoms with Gasteiger partial charge in [0, 0.05) is 30.9 Å². The Morgan fingerprint density at radius 1 is 1.08 bits per heavy atom. The molecule has 0 N–H and O–H groups in total. The highest BCUT2D eigenvalue weighted by molar-refractivity contribution is 5.79. The van der Waals surface area contributed by atoms with Gasteiger partial charge in [-0.3, -0.25) is 24.4 Å². The Morgan fingerprint density at radius 3 is 2.68 bits per heavy atom. The summed E-state index contributed by atoms with van der Waals surface area (Å²) in [5, 5.41) is 0.847. The quantitative estimate of drug-likeness (QED) is 0.454. The van der Waals surface area contributed by atoms with Gasteiger partial charge in [0.05, 0.1) is 30.3 Å². The van der Waals surface area contributed by atoms with E-state index < -0.39 is 0 Å². The first kappa shape index (κ1) is 25.5. The maximum Gasteiger partial charge on any atom is 0.310 e. The Hall–Kier alpha value is -3.10. The molecule has 2 aromatic heterocycles. The second-order valence-electron chi connectivity index (χ2n) is 10.2. The van der Waals surface area contributed by atoms with Crippen molar-refractivity contribution in [2.75, 3.05) is 32.8 Å². The van der Waals surface area contributed by atoms with Crippen LogP contribution in [-0.2, 0) is 22.6 Å². The van der Waals surface area contributed by atoms with Gasteiger partial charge in [-0.1, -0.05) is 6.07 Å². The number of hydrogen-bond acceptors (Lipinski definition) is 6. The Bertz CT molecular complexity index is 1290. The number of rotatable bonds is 7. The molecule has 0 unspecified atom stereocenters. The molecule has 2 saturated heterocycles. The molecule has 1 aromatic carbocycles. The van der Waals surface area contributed by atoms with Crippen molar-refractivity contribution in [3.05, 3.63) is 76.1 Å². The van der Waals surface area contributed by atoms with Crippen molar-refractivity contribution < 1.29 is 13.9 Å². The number of fused-ring (bicyclic) bond motifs is 1. The fourth-order valence-electron chi connectivity index (χ4n) is 5.80. The maximum atomic E-state index is 14.1. The summed E-state index contributed by atoms with van der Waals surface area (Å²) in [4.78, 5) is 35.0. The zero-order chi connectivity index (χ0) is 25.8. The van der Waals surface area contributed by atoms with E-state index in [1.807, 2.05) is 31.2 Å². The summed E-state index contributed by atoms with van der Waals surface area (Å²) in [6.07, 6.45) is 5.66. The minimum atomic E-state index is -0.362. The summed E-state index contributed by atoms with van der Waals surface area (Å²) < 4.78 is 21.0. The fourth-order valence-corrected chi connectivity index (χ4v) is 5.80. The van der Waals surface area contributed by atoms with E-state index in [-0.39, 0.29) is 23.3 Å². The molecular formula is C29H35FN4O3. The average Bonchev–Trinajstić information content (AvgIpc) is 2.92. The summed E-state index contributed by atoms with van der Waals surface area (Å²) in [7, 11) is 0. The summed E-state index contributed by atoms with van der Waals surface area (Å²) in [6.45, 7) is 6.75. The van der Waals surface area contributed by atoms with Crippen LogP contribution >= 0.6 is 0 Å². The summed E-state index contributed by atoms with van der Waals surface area (Å²) in [6, 6.07) is 12.6. The number of ether oxygens (including phenoxy) is 1. The summed E-state index contributed by atoms with van der Waals surface area (Å²) >= 11 is 0. The molecule has 1 atom stereocenters. The molecule has 0 radical (unpaired) electrons. The van der Waals surface area contributed by atoms with Gasteiger partial charge in [0.2, 0.25) is 0 Å². The molecule has 3 aromatic rings. The van der Waals surface area contributed by atoms with E-state index in [0.29, 0.717) is 36.8 Å². The number of nitrogens with zero attached hydrogens (tertiary/aromatic N) is 4. The van der Waals surface area contributed by atoms with Crippen molar-refractivity contribution in [2.45, 2.75) is 51.7 Å².